The second kappa shape index (κ2) is 19.2. The van der Waals surface area contributed by atoms with Gasteiger partial charge < -0.3 is 25.1 Å². The van der Waals surface area contributed by atoms with Crippen molar-refractivity contribution in [1.29, 1.82) is 0 Å². The van der Waals surface area contributed by atoms with Crippen LogP contribution in [0.4, 0.5) is 0 Å². The number of hydrogen-bond donors (Lipinski definition) is 2. The molecular weight excluding hydrogens is 514 g/mol. The number of piperazine rings is 1. The van der Waals surface area contributed by atoms with Gasteiger partial charge in [0.05, 0.1) is 32.9 Å². The number of carbonyl (C=O) groups excluding carboxylic acids is 2. The largest absolute Gasteiger partial charge is 0.497 e. The van der Waals surface area contributed by atoms with E-state index in [1.54, 1.807) is 7.11 Å². The summed E-state index contributed by atoms with van der Waals surface area (Å²) in [6, 6.07) is 30.4. The van der Waals surface area contributed by atoms with Gasteiger partial charge >= 0.3 is 0 Å². The average molecular weight is 560 g/mol. The highest BCUT2D eigenvalue weighted by molar-refractivity contribution is 5.79. The van der Waals surface area contributed by atoms with Gasteiger partial charge in [0, 0.05) is 25.8 Å². The molecule has 0 radical (unpaired) electrons. The molecule has 1 heterocycles. The molecule has 1 saturated heterocycles. The lowest BCUT2D eigenvalue weighted by molar-refractivity contribution is -0.137. The highest BCUT2D eigenvalue weighted by atomic mass is 16.5. The third-order valence-electron chi connectivity index (χ3n) is 6.66. The number of likely N-dealkylation sites (N-methyl/N-ethyl adjacent to an activating group) is 1. The summed E-state index contributed by atoms with van der Waals surface area (Å²) in [5.74, 6) is 0.959. The number of aryl methyl sites for hydroxylation is 1. The van der Waals surface area contributed by atoms with E-state index in [1.165, 1.54) is 5.56 Å². The summed E-state index contributed by atoms with van der Waals surface area (Å²) in [6.45, 7) is 9.03. The predicted molar refractivity (Wildman–Crippen MR) is 166 cm³/mol. The molecule has 1 unspecified atom stereocenters. The molecule has 3 aromatic rings. The summed E-state index contributed by atoms with van der Waals surface area (Å²) >= 11 is 0. The van der Waals surface area contributed by atoms with Crippen molar-refractivity contribution in [2.24, 2.45) is 5.73 Å². The number of nitrogens with zero attached hydrogens (tertiary/aromatic N) is 3. The third-order valence-corrected chi connectivity index (χ3v) is 6.66. The van der Waals surface area contributed by atoms with Crippen LogP contribution in [0.2, 0.25) is 0 Å². The number of unbranched alkanes of at least 4 members (excludes halogenated alkanes) is 1. The molecule has 41 heavy (non-hydrogen) atoms. The molecule has 8 heteroatoms. The molecule has 1 fully saturated rings. The van der Waals surface area contributed by atoms with Crippen LogP contribution in [-0.4, -0.2) is 74.0 Å². The van der Waals surface area contributed by atoms with Crippen LogP contribution in [0.15, 0.2) is 103 Å². The molecule has 1 aliphatic rings. The Morgan fingerprint density at radius 2 is 1.54 bits per heavy atom. The second-order valence-corrected chi connectivity index (χ2v) is 9.74. The van der Waals surface area contributed by atoms with E-state index < -0.39 is 0 Å². The number of nitrogens with two attached hydrogens (primary N) is 1. The molecule has 0 saturated carbocycles. The normalized spacial score (nSPS) is 14.4. The van der Waals surface area contributed by atoms with Crippen LogP contribution in [0, 0.1) is 0 Å². The van der Waals surface area contributed by atoms with Gasteiger partial charge in [0.2, 0.25) is 5.91 Å². The van der Waals surface area contributed by atoms with Crippen LogP contribution in [0.3, 0.4) is 0 Å². The van der Waals surface area contributed by atoms with E-state index in [9.17, 15) is 4.79 Å². The molecule has 0 bridgehead atoms. The zero-order chi connectivity index (χ0) is 29.9. The summed E-state index contributed by atoms with van der Waals surface area (Å²) in [7, 11) is 3.62. The highest BCUT2D eigenvalue weighted by Crippen LogP contribution is 2.15. The van der Waals surface area contributed by atoms with Gasteiger partial charge in [0.15, 0.2) is 0 Å². The van der Waals surface area contributed by atoms with Crippen molar-refractivity contribution < 1.29 is 14.3 Å². The lowest BCUT2D eigenvalue weighted by Crippen LogP contribution is -2.60. The Morgan fingerprint density at radius 1 is 0.951 bits per heavy atom. The van der Waals surface area contributed by atoms with Crippen LogP contribution >= 0.6 is 0 Å². The van der Waals surface area contributed by atoms with Crippen molar-refractivity contribution in [3.8, 4) is 5.75 Å². The fourth-order valence-corrected chi connectivity index (χ4v) is 4.40. The van der Waals surface area contributed by atoms with Gasteiger partial charge in [0.25, 0.3) is 0 Å². The fourth-order valence-electron chi connectivity index (χ4n) is 4.40. The Bertz CT molecular complexity index is 1100. The minimum Gasteiger partial charge on any atom is -0.497 e. The molecule has 1 amide bonds. The topological polar surface area (TPSA) is 91.1 Å². The van der Waals surface area contributed by atoms with E-state index >= 15 is 0 Å². The number of hydrazine groups is 1. The Kier molecular flexibility index (Phi) is 15.5. The maximum absolute atomic E-state index is 12.7. The van der Waals surface area contributed by atoms with Crippen LogP contribution in [0.25, 0.3) is 0 Å². The van der Waals surface area contributed by atoms with Crippen LogP contribution in [0.1, 0.15) is 24.0 Å². The average Bonchev–Trinajstić information content (AvgIpc) is 3.02. The van der Waals surface area contributed by atoms with Crippen LogP contribution in [-0.2, 0) is 22.6 Å². The van der Waals surface area contributed by atoms with Gasteiger partial charge in [-0.1, -0.05) is 85.4 Å². The number of benzene rings is 3. The number of methoxy groups -OCH3 is 1. The Labute approximate surface area is 245 Å². The monoisotopic (exact) mass is 559 g/mol. The van der Waals surface area contributed by atoms with E-state index in [0.29, 0.717) is 19.6 Å². The number of amides is 1. The number of carbonyl (C=O) groups is 2. The van der Waals surface area contributed by atoms with E-state index in [4.69, 9.17) is 15.3 Å². The summed E-state index contributed by atoms with van der Waals surface area (Å²) in [4.78, 5) is 24.5. The molecule has 0 aliphatic carbocycles. The first-order valence-electron chi connectivity index (χ1n) is 13.8. The van der Waals surface area contributed by atoms with Gasteiger partial charge in [-0.05, 0) is 42.5 Å². The van der Waals surface area contributed by atoms with Crippen molar-refractivity contribution in [3.63, 3.8) is 0 Å². The third kappa shape index (κ3) is 12.4. The molecular formula is C33H45N5O3. The number of rotatable bonds is 12. The van der Waals surface area contributed by atoms with Gasteiger partial charge in [-0.25, -0.2) is 5.01 Å². The molecule has 1 atom stereocenters. The minimum atomic E-state index is -0.237. The molecule has 0 spiro atoms. The molecule has 4 rings (SSSR count). The molecule has 3 aromatic carbocycles. The van der Waals surface area contributed by atoms with Gasteiger partial charge in [-0.2, -0.15) is 0 Å². The number of nitrogens with one attached hydrogen (secondary N) is 1. The predicted octanol–water partition coefficient (Wildman–Crippen LogP) is 4.10. The van der Waals surface area contributed by atoms with Crippen molar-refractivity contribution in [2.45, 2.75) is 32.0 Å². The smallest absolute Gasteiger partial charge is 0.242 e. The van der Waals surface area contributed by atoms with Crippen molar-refractivity contribution >= 4 is 12.7 Å². The quantitative estimate of drug-likeness (QED) is 0.255. The zero-order valence-electron chi connectivity index (χ0n) is 24.5. The standard InChI is InChI=1S/C26H37N5O2.C6H6.CH2O/c1-21(18-29(2)28-17-23-12-14-24(33-3)15-13-23)31-20-26(32)30(19-25(31)27)16-8-7-11-22-9-5-4-6-10-22;1-2-4-6-5-3-1;1-2/h4-6,9-10,12-15,25,28H,1,7-8,11,16-20,27H2,2-3H3;1-6H;1H2. The van der Waals surface area contributed by atoms with E-state index in [2.05, 4.69) is 36.3 Å². The first-order valence-corrected chi connectivity index (χ1v) is 13.8. The molecule has 8 nitrogen and oxygen atoms in total. The Morgan fingerprint density at radius 3 is 2.12 bits per heavy atom. The summed E-state index contributed by atoms with van der Waals surface area (Å²) in [6.07, 6.45) is 2.84. The zero-order valence-corrected chi connectivity index (χ0v) is 24.5. The van der Waals surface area contributed by atoms with Crippen molar-refractivity contribution in [1.82, 2.24) is 20.2 Å². The number of hydrogen-bond acceptors (Lipinski definition) is 7. The van der Waals surface area contributed by atoms with E-state index in [1.807, 2.05) is 95.4 Å². The lowest BCUT2D eigenvalue weighted by Gasteiger charge is -2.42. The maximum Gasteiger partial charge on any atom is 0.242 e. The SMILES string of the molecule is C=C(CN(C)NCc1ccc(OC)cc1)N1CC(=O)N(CCCCc2ccccc2)CC1N.C=O.c1ccccc1. The minimum absolute atomic E-state index is 0.117. The summed E-state index contributed by atoms with van der Waals surface area (Å²) in [5, 5.41) is 1.97. The van der Waals surface area contributed by atoms with E-state index in [0.717, 1.165) is 42.8 Å². The lowest BCUT2D eigenvalue weighted by atomic mass is 10.1. The maximum atomic E-state index is 12.7. The van der Waals surface area contributed by atoms with Crippen LogP contribution in [0.5, 0.6) is 5.75 Å². The summed E-state index contributed by atoms with van der Waals surface area (Å²) < 4.78 is 5.20. The molecule has 3 N–H and O–H groups in total. The van der Waals surface area contributed by atoms with Crippen molar-refractivity contribution in [3.05, 3.63) is 114 Å². The van der Waals surface area contributed by atoms with Crippen LogP contribution < -0.4 is 15.9 Å². The fraction of sp³-hybridized carbons (Fsp3) is 0.333. The summed E-state index contributed by atoms with van der Waals surface area (Å²) in [5.41, 5.74) is 13.1. The van der Waals surface area contributed by atoms with Gasteiger partial charge in [-0.3, -0.25) is 10.2 Å². The Balaban J connectivity index is 0.000000640. The molecule has 0 aromatic heterocycles. The first kappa shape index (κ1) is 33.2. The Hall–Kier alpha value is -3.98. The highest BCUT2D eigenvalue weighted by Gasteiger charge is 2.30. The van der Waals surface area contributed by atoms with Gasteiger partial charge in [-0.15, -0.1) is 0 Å². The van der Waals surface area contributed by atoms with Crippen molar-refractivity contribution in [2.75, 3.05) is 40.3 Å². The number of ether oxygens (including phenoxy) is 1. The molecule has 220 valence electrons. The van der Waals surface area contributed by atoms with E-state index in [-0.39, 0.29) is 18.6 Å². The second-order valence-electron chi connectivity index (χ2n) is 9.74. The molecule has 1 aliphatic heterocycles. The first-order chi connectivity index (χ1) is 20.0. The van der Waals surface area contributed by atoms with Gasteiger partial charge in [0.1, 0.15) is 12.5 Å².